The van der Waals surface area contributed by atoms with Crippen LogP contribution >= 0.6 is 34.3 Å². The topological polar surface area (TPSA) is 88.2 Å². The fourth-order valence-electron chi connectivity index (χ4n) is 1.90. The number of aromatic nitrogens is 1. The third kappa shape index (κ3) is 3.69. The Morgan fingerprint density at radius 2 is 2.04 bits per heavy atom. The van der Waals surface area contributed by atoms with Gasteiger partial charge >= 0.3 is 0 Å². The number of nitrogens with one attached hydrogen (secondary N) is 2. The van der Waals surface area contributed by atoms with E-state index in [0.29, 0.717) is 27.1 Å². The zero-order valence-corrected chi connectivity index (χ0v) is 15.6. The molecule has 0 aliphatic carbocycles. The summed E-state index contributed by atoms with van der Waals surface area (Å²) in [6.07, 6.45) is 0.365. The van der Waals surface area contributed by atoms with Crippen molar-refractivity contribution < 1.29 is 13.2 Å². The molecule has 0 saturated carbocycles. The van der Waals surface area contributed by atoms with Crippen LogP contribution < -0.4 is 10.0 Å². The van der Waals surface area contributed by atoms with E-state index in [1.807, 2.05) is 0 Å². The summed E-state index contributed by atoms with van der Waals surface area (Å²) in [7, 11) is -3.68. The smallest absolute Gasteiger partial charge is 0.271 e. The number of benzene rings is 1. The third-order valence-electron chi connectivity index (χ3n) is 3.02. The molecular formula is C14H12ClN3O3S3. The maximum absolute atomic E-state index is 12.3. The second-order valence-electron chi connectivity index (χ2n) is 4.77. The van der Waals surface area contributed by atoms with Crippen molar-refractivity contribution in [1.82, 2.24) is 4.98 Å². The standard InChI is InChI=1S/C14H12ClN3O3S3/c1-2-12(19)17-14-16-9-4-3-8(7-10(9)22-14)18-24(20,21)13-6-5-11(15)23-13/h3-7,18H,2H2,1H3,(H,16,17,19). The molecule has 2 heterocycles. The van der Waals surface area contributed by atoms with Crippen LogP contribution in [0.4, 0.5) is 10.8 Å². The van der Waals surface area contributed by atoms with Gasteiger partial charge in [-0.25, -0.2) is 13.4 Å². The highest BCUT2D eigenvalue weighted by atomic mass is 35.5. The summed E-state index contributed by atoms with van der Waals surface area (Å²) in [4.78, 5) is 15.7. The lowest BCUT2D eigenvalue weighted by Gasteiger charge is -2.05. The van der Waals surface area contributed by atoms with Crippen molar-refractivity contribution in [3.63, 3.8) is 0 Å². The molecule has 0 radical (unpaired) electrons. The number of sulfonamides is 1. The van der Waals surface area contributed by atoms with Gasteiger partial charge in [0.1, 0.15) is 4.21 Å². The number of amides is 1. The van der Waals surface area contributed by atoms with Crippen LogP contribution in [0.15, 0.2) is 34.5 Å². The average Bonchev–Trinajstić information content (AvgIpc) is 3.12. The van der Waals surface area contributed by atoms with Crippen LogP contribution in [-0.4, -0.2) is 19.3 Å². The third-order valence-corrected chi connectivity index (χ3v) is 7.06. The van der Waals surface area contributed by atoms with Crippen molar-refractivity contribution in [3.8, 4) is 0 Å². The number of rotatable bonds is 5. The minimum atomic E-state index is -3.68. The van der Waals surface area contributed by atoms with E-state index in [1.54, 1.807) is 25.1 Å². The number of hydrogen-bond donors (Lipinski definition) is 2. The van der Waals surface area contributed by atoms with Gasteiger partial charge < -0.3 is 5.32 Å². The summed E-state index contributed by atoms with van der Waals surface area (Å²) in [6.45, 7) is 1.76. The van der Waals surface area contributed by atoms with Gasteiger partial charge in [0.15, 0.2) is 5.13 Å². The number of carbonyl (C=O) groups is 1. The fourth-order valence-corrected chi connectivity index (χ4v) is 5.35. The summed E-state index contributed by atoms with van der Waals surface area (Å²) in [5, 5.41) is 3.18. The first-order chi connectivity index (χ1) is 11.4. The first-order valence-electron chi connectivity index (χ1n) is 6.86. The van der Waals surface area contributed by atoms with E-state index in [9.17, 15) is 13.2 Å². The molecule has 0 atom stereocenters. The second-order valence-corrected chi connectivity index (χ2v) is 9.42. The first-order valence-corrected chi connectivity index (χ1v) is 10.4. The summed E-state index contributed by atoms with van der Waals surface area (Å²) < 4.78 is 28.5. The largest absolute Gasteiger partial charge is 0.302 e. The molecule has 3 rings (SSSR count). The Balaban J connectivity index is 1.86. The lowest BCUT2D eigenvalue weighted by molar-refractivity contribution is -0.115. The molecule has 24 heavy (non-hydrogen) atoms. The minimum absolute atomic E-state index is 0.121. The van der Waals surface area contributed by atoms with Gasteiger partial charge in [0.2, 0.25) is 5.91 Å². The molecule has 2 aromatic heterocycles. The number of thiophene rings is 1. The molecule has 3 aromatic rings. The molecule has 126 valence electrons. The maximum atomic E-state index is 12.3. The second kappa shape index (κ2) is 6.67. The molecule has 6 nitrogen and oxygen atoms in total. The van der Waals surface area contributed by atoms with Crippen molar-refractivity contribution in [3.05, 3.63) is 34.7 Å². The van der Waals surface area contributed by atoms with Crippen LogP contribution in [0.5, 0.6) is 0 Å². The van der Waals surface area contributed by atoms with Gasteiger partial charge in [-0.3, -0.25) is 9.52 Å². The summed E-state index contributed by atoms with van der Waals surface area (Å²) in [6, 6.07) is 8.00. The van der Waals surface area contributed by atoms with Gasteiger partial charge in [0, 0.05) is 6.42 Å². The van der Waals surface area contributed by atoms with Crippen molar-refractivity contribution in [2.75, 3.05) is 10.0 Å². The normalized spacial score (nSPS) is 11.6. The molecule has 0 aliphatic rings. The highest BCUT2D eigenvalue weighted by Gasteiger charge is 2.17. The lowest BCUT2D eigenvalue weighted by Crippen LogP contribution is -2.11. The van der Waals surface area contributed by atoms with E-state index in [-0.39, 0.29) is 10.1 Å². The maximum Gasteiger partial charge on any atom is 0.271 e. The average molecular weight is 402 g/mol. The zero-order valence-electron chi connectivity index (χ0n) is 12.4. The number of hydrogen-bond acceptors (Lipinski definition) is 6. The van der Waals surface area contributed by atoms with Crippen LogP contribution in [0, 0.1) is 0 Å². The van der Waals surface area contributed by atoms with Crippen LogP contribution in [0.1, 0.15) is 13.3 Å². The zero-order chi connectivity index (χ0) is 17.3. The molecule has 2 N–H and O–H groups in total. The SMILES string of the molecule is CCC(=O)Nc1nc2ccc(NS(=O)(=O)c3ccc(Cl)s3)cc2s1. The van der Waals surface area contributed by atoms with Gasteiger partial charge in [0.25, 0.3) is 10.0 Å². The predicted molar refractivity (Wildman–Crippen MR) is 98.7 cm³/mol. The predicted octanol–water partition coefficient (Wildman–Crippen LogP) is 4.16. The highest BCUT2D eigenvalue weighted by molar-refractivity contribution is 7.94. The van der Waals surface area contributed by atoms with Crippen LogP contribution in [0.3, 0.4) is 0 Å². The molecule has 0 unspecified atom stereocenters. The van der Waals surface area contributed by atoms with E-state index >= 15 is 0 Å². The summed E-state index contributed by atoms with van der Waals surface area (Å²) in [5.41, 5.74) is 1.11. The molecule has 0 saturated heterocycles. The number of thiazole rings is 1. The van der Waals surface area contributed by atoms with Gasteiger partial charge in [-0.2, -0.15) is 0 Å². The van der Waals surface area contributed by atoms with E-state index in [2.05, 4.69) is 15.0 Å². The number of halogens is 1. The Hall–Kier alpha value is -1.68. The number of fused-ring (bicyclic) bond motifs is 1. The van der Waals surface area contributed by atoms with E-state index in [4.69, 9.17) is 11.6 Å². The first kappa shape index (κ1) is 17.2. The molecule has 0 fully saturated rings. The van der Waals surface area contributed by atoms with Crippen LogP contribution in [0.2, 0.25) is 4.34 Å². The molecule has 1 aromatic carbocycles. The van der Waals surface area contributed by atoms with Crippen LogP contribution in [-0.2, 0) is 14.8 Å². The van der Waals surface area contributed by atoms with Crippen molar-refractivity contribution >= 4 is 71.2 Å². The van der Waals surface area contributed by atoms with Gasteiger partial charge in [-0.15, -0.1) is 11.3 Å². The van der Waals surface area contributed by atoms with Crippen molar-refractivity contribution in [1.29, 1.82) is 0 Å². The molecular weight excluding hydrogens is 390 g/mol. The van der Waals surface area contributed by atoms with E-state index in [0.717, 1.165) is 16.0 Å². The molecule has 0 aliphatic heterocycles. The lowest BCUT2D eigenvalue weighted by atomic mass is 10.3. The van der Waals surface area contributed by atoms with E-state index in [1.165, 1.54) is 23.5 Å². The Kier molecular flexibility index (Phi) is 4.77. The van der Waals surface area contributed by atoms with Gasteiger partial charge in [-0.05, 0) is 30.3 Å². The molecule has 0 spiro atoms. The van der Waals surface area contributed by atoms with Crippen molar-refractivity contribution in [2.24, 2.45) is 0 Å². The van der Waals surface area contributed by atoms with Gasteiger partial charge in [-0.1, -0.05) is 29.9 Å². The Bertz CT molecular complexity index is 1010. The summed E-state index contributed by atoms with van der Waals surface area (Å²) in [5.74, 6) is -0.121. The highest BCUT2D eigenvalue weighted by Crippen LogP contribution is 2.31. The van der Waals surface area contributed by atoms with E-state index < -0.39 is 10.0 Å². The molecule has 10 heteroatoms. The number of nitrogens with zero attached hydrogens (tertiary/aromatic N) is 1. The Labute approximate surface area is 151 Å². The molecule has 0 bridgehead atoms. The fraction of sp³-hybridized carbons (Fsp3) is 0.143. The van der Waals surface area contributed by atoms with Crippen molar-refractivity contribution in [2.45, 2.75) is 17.6 Å². The summed E-state index contributed by atoms with van der Waals surface area (Å²) >= 11 is 8.06. The number of carbonyl (C=O) groups excluding carboxylic acids is 1. The monoisotopic (exact) mass is 401 g/mol. The quantitative estimate of drug-likeness (QED) is 0.671. The van der Waals surface area contributed by atoms with Gasteiger partial charge in [0.05, 0.1) is 20.2 Å². The minimum Gasteiger partial charge on any atom is -0.302 e. The molecule has 1 amide bonds. The van der Waals surface area contributed by atoms with Crippen LogP contribution in [0.25, 0.3) is 10.2 Å². The Morgan fingerprint density at radius 3 is 2.71 bits per heavy atom. The number of anilines is 2. The Morgan fingerprint density at radius 1 is 1.25 bits per heavy atom.